The Bertz CT molecular complexity index is 1120. The van der Waals surface area contributed by atoms with Crippen LogP contribution in [-0.2, 0) is 35.6 Å². The second kappa shape index (κ2) is 12.2. The molecule has 0 fully saturated rings. The monoisotopic (exact) mass is 467 g/mol. The summed E-state index contributed by atoms with van der Waals surface area (Å²) >= 11 is 4.50. The molecule has 4 rings (SSSR count). The highest BCUT2D eigenvalue weighted by atomic mass is 32.1. The number of thiol groups is 1. The van der Waals surface area contributed by atoms with Crippen LogP contribution in [0.2, 0.25) is 0 Å². The first kappa shape index (κ1) is 23.8. The van der Waals surface area contributed by atoms with Gasteiger partial charge in [0.2, 0.25) is 0 Å². The van der Waals surface area contributed by atoms with Crippen LogP contribution in [0, 0.1) is 0 Å². The van der Waals surface area contributed by atoms with Crippen LogP contribution in [0.15, 0.2) is 120 Å². The van der Waals surface area contributed by atoms with Gasteiger partial charge in [-0.25, -0.2) is 0 Å². The van der Waals surface area contributed by atoms with Crippen LogP contribution in [0.4, 0.5) is 0 Å². The zero-order valence-corrected chi connectivity index (χ0v) is 20.0. The van der Waals surface area contributed by atoms with Gasteiger partial charge in [0.15, 0.2) is 0 Å². The van der Waals surface area contributed by atoms with E-state index in [1.165, 1.54) is 0 Å². The standard InChI is InChI=1S/C30H29NO2S/c32-30(33-23-26-15-8-3-9-16-26)29(20-27-17-10-18-28(34)19-27)31(21-24-11-4-1-5-12-24)22-25-13-6-2-7-14-25/h1-19,29,34H,20-23H2. The molecule has 0 aliphatic heterocycles. The normalized spacial score (nSPS) is 11.8. The molecule has 1 unspecified atom stereocenters. The third kappa shape index (κ3) is 7.08. The van der Waals surface area contributed by atoms with Gasteiger partial charge >= 0.3 is 5.97 Å². The van der Waals surface area contributed by atoms with Gasteiger partial charge in [-0.15, -0.1) is 12.6 Å². The van der Waals surface area contributed by atoms with Crippen LogP contribution in [0.25, 0.3) is 0 Å². The molecule has 1 atom stereocenters. The SMILES string of the molecule is O=C(OCc1ccccc1)C(Cc1cccc(S)c1)N(Cc1ccccc1)Cc1ccccc1. The van der Waals surface area contributed by atoms with E-state index < -0.39 is 6.04 Å². The van der Waals surface area contributed by atoms with E-state index in [2.05, 4.69) is 41.8 Å². The Kier molecular flexibility index (Phi) is 8.55. The molecule has 0 aromatic heterocycles. The van der Waals surface area contributed by atoms with E-state index in [-0.39, 0.29) is 12.6 Å². The molecule has 0 bridgehead atoms. The summed E-state index contributed by atoms with van der Waals surface area (Å²) in [4.78, 5) is 16.6. The maximum atomic E-state index is 13.5. The second-order valence-electron chi connectivity index (χ2n) is 8.36. The van der Waals surface area contributed by atoms with Crippen molar-refractivity contribution in [2.75, 3.05) is 0 Å². The van der Waals surface area contributed by atoms with Crippen LogP contribution in [0.1, 0.15) is 22.3 Å². The number of nitrogens with zero attached hydrogens (tertiary/aromatic N) is 1. The molecule has 0 N–H and O–H groups in total. The lowest BCUT2D eigenvalue weighted by molar-refractivity contribution is -0.152. The summed E-state index contributed by atoms with van der Waals surface area (Å²) in [6.45, 7) is 1.54. The van der Waals surface area contributed by atoms with Gasteiger partial charge < -0.3 is 4.74 Å². The highest BCUT2D eigenvalue weighted by Crippen LogP contribution is 2.20. The Morgan fingerprint density at radius 2 is 1.18 bits per heavy atom. The largest absolute Gasteiger partial charge is 0.460 e. The lowest BCUT2D eigenvalue weighted by Gasteiger charge is -2.31. The summed E-state index contributed by atoms with van der Waals surface area (Å²) < 4.78 is 5.85. The molecule has 4 heteroatoms. The number of carbonyl (C=O) groups is 1. The summed E-state index contributed by atoms with van der Waals surface area (Å²) in [5, 5.41) is 0. The molecule has 34 heavy (non-hydrogen) atoms. The Morgan fingerprint density at radius 1 is 0.676 bits per heavy atom. The fraction of sp³-hybridized carbons (Fsp3) is 0.167. The van der Waals surface area contributed by atoms with Crippen molar-refractivity contribution < 1.29 is 9.53 Å². The lowest BCUT2D eigenvalue weighted by Crippen LogP contribution is -2.43. The Hall–Kier alpha value is -3.34. The second-order valence-corrected chi connectivity index (χ2v) is 8.88. The molecule has 0 heterocycles. The Balaban J connectivity index is 1.62. The molecule has 0 saturated heterocycles. The van der Waals surface area contributed by atoms with E-state index in [0.29, 0.717) is 19.5 Å². The number of carbonyl (C=O) groups excluding carboxylic acids is 1. The molecule has 0 radical (unpaired) electrons. The zero-order valence-electron chi connectivity index (χ0n) is 19.1. The maximum absolute atomic E-state index is 13.5. The van der Waals surface area contributed by atoms with Crippen molar-refractivity contribution in [2.24, 2.45) is 0 Å². The third-order valence-corrected chi connectivity index (χ3v) is 6.01. The minimum Gasteiger partial charge on any atom is -0.460 e. The summed E-state index contributed by atoms with van der Waals surface area (Å²) in [5.41, 5.74) is 4.34. The smallest absolute Gasteiger partial charge is 0.324 e. The summed E-state index contributed by atoms with van der Waals surface area (Å²) in [6, 6.07) is 37.9. The third-order valence-electron chi connectivity index (χ3n) is 5.73. The average molecular weight is 468 g/mol. The van der Waals surface area contributed by atoms with Crippen LogP contribution < -0.4 is 0 Å². The number of hydrogen-bond acceptors (Lipinski definition) is 4. The van der Waals surface area contributed by atoms with Crippen molar-refractivity contribution in [2.45, 2.75) is 37.1 Å². The first-order valence-electron chi connectivity index (χ1n) is 11.5. The van der Waals surface area contributed by atoms with E-state index in [0.717, 1.165) is 27.1 Å². The predicted molar refractivity (Wildman–Crippen MR) is 140 cm³/mol. The molecule has 0 aliphatic carbocycles. The number of rotatable bonds is 10. The lowest BCUT2D eigenvalue weighted by atomic mass is 10.0. The minimum atomic E-state index is -0.445. The number of ether oxygens (including phenoxy) is 1. The molecule has 4 aromatic rings. The molecule has 0 aliphatic rings. The van der Waals surface area contributed by atoms with E-state index in [1.54, 1.807) is 0 Å². The van der Waals surface area contributed by atoms with Crippen molar-refractivity contribution in [3.63, 3.8) is 0 Å². The Labute approximate surface area is 207 Å². The van der Waals surface area contributed by atoms with E-state index >= 15 is 0 Å². The van der Waals surface area contributed by atoms with Crippen molar-refractivity contribution in [1.82, 2.24) is 4.90 Å². The highest BCUT2D eigenvalue weighted by molar-refractivity contribution is 7.80. The van der Waals surface area contributed by atoms with Crippen LogP contribution >= 0.6 is 12.6 Å². The molecule has 4 aromatic carbocycles. The van der Waals surface area contributed by atoms with Crippen LogP contribution in [0.3, 0.4) is 0 Å². The molecule has 0 spiro atoms. The maximum Gasteiger partial charge on any atom is 0.324 e. The summed E-state index contributed by atoms with van der Waals surface area (Å²) in [7, 11) is 0. The minimum absolute atomic E-state index is 0.222. The van der Waals surface area contributed by atoms with Crippen molar-refractivity contribution in [1.29, 1.82) is 0 Å². The van der Waals surface area contributed by atoms with Gasteiger partial charge in [-0.1, -0.05) is 103 Å². The average Bonchev–Trinajstić information content (AvgIpc) is 2.87. The van der Waals surface area contributed by atoms with Crippen molar-refractivity contribution in [3.05, 3.63) is 138 Å². The first-order chi connectivity index (χ1) is 16.7. The number of esters is 1. The molecular formula is C30H29NO2S. The fourth-order valence-corrected chi connectivity index (χ4v) is 4.26. The van der Waals surface area contributed by atoms with Gasteiger partial charge in [-0.2, -0.15) is 0 Å². The van der Waals surface area contributed by atoms with Gasteiger partial charge in [0, 0.05) is 18.0 Å². The predicted octanol–water partition coefficient (Wildman–Crippen LogP) is 6.33. The zero-order chi connectivity index (χ0) is 23.6. The van der Waals surface area contributed by atoms with Gasteiger partial charge in [0.05, 0.1) is 0 Å². The number of benzene rings is 4. The van der Waals surface area contributed by atoms with Crippen molar-refractivity contribution in [3.8, 4) is 0 Å². The number of hydrogen-bond donors (Lipinski definition) is 1. The molecule has 3 nitrogen and oxygen atoms in total. The van der Waals surface area contributed by atoms with Gasteiger partial charge in [0.25, 0.3) is 0 Å². The van der Waals surface area contributed by atoms with Gasteiger partial charge in [-0.05, 0) is 40.8 Å². The fourth-order valence-electron chi connectivity index (χ4n) is 4.01. The van der Waals surface area contributed by atoms with Gasteiger partial charge in [0.1, 0.15) is 12.6 Å². The summed E-state index contributed by atoms with van der Waals surface area (Å²) in [5.74, 6) is -0.222. The van der Waals surface area contributed by atoms with Crippen molar-refractivity contribution >= 4 is 18.6 Å². The molecular weight excluding hydrogens is 438 g/mol. The highest BCUT2D eigenvalue weighted by Gasteiger charge is 2.28. The van der Waals surface area contributed by atoms with Crippen LogP contribution in [0.5, 0.6) is 0 Å². The van der Waals surface area contributed by atoms with E-state index in [1.807, 2.05) is 91.0 Å². The van der Waals surface area contributed by atoms with E-state index in [4.69, 9.17) is 4.74 Å². The Morgan fingerprint density at radius 3 is 1.71 bits per heavy atom. The summed E-state index contributed by atoms with van der Waals surface area (Å²) in [6.07, 6.45) is 0.543. The van der Waals surface area contributed by atoms with Gasteiger partial charge in [-0.3, -0.25) is 9.69 Å². The van der Waals surface area contributed by atoms with Crippen LogP contribution in [-0.4, -0.2) is 16.9 Å². The van der Waals surface area contributed by atoms with E-state index in [9.17, 15) is 4.79 Å². The molecule has 172 valence electrons. The first-order valence-corrected chi connectivity index (χ1v) is 11.9. The quantitative estimate of drug-likeness (QED) is 0.218. The molecule has 0 amide bonds. The topological polar surface area (TPSA) is 29.5 Å². The molecule has 0 saturated carbocycles.